The van der Waals surface area contributed by atoms with Crippen molar-refractivity contribution in [1.82, 2.24) is 0 Å². The normalized spacial score (nSPS) is 18.0. The molecule has 3 heterocycles. The molecule has 0 nitrogen and oxygen atoms in total. The summed E-state index contributed by atoms with van der Waals surface area (Å²) in [6.45, 7) is 9.28. The van der Waals surface area contributed by atoms with Crippen molar-refractivity contribution in [2.45, 2.75) is 27.3 Å². The molecular formula is C12H14S2Si. The maximum absolute atomic E-state index is 2.48. The molecule has 1 aliphatic rings. The van der Waals surface area contributed by atoms with E-state index in [9.17, 15) is 0 Å². The van der Waals surface area contributed by atoms with E-state index in [-0.39, 0.29) is 0 Å². The molecule has 0 amide bonds. The lowest BCUT2D eigenvalue weighted by Crippen LogP contribution is -2.34. The van der Waals surface area contributed by atoms with E-state index in [0.717, 1.165) is 0 Å². The Morgan fingerprint density at radius 1 is 1.07 bits per heavy atom. The molecule has 0 bridgehead atoms. The Balaban J connectivity index is 2.34. The van der Waals surface area contributed by atoms with Gasteiger partial charge in [-0.15, -0.1) is 22.7 Å². The van der Waals surface area contributed by atoms with Gasteiger partial charge in [0.05, 0.1) is 0 Å². The topological polar surface area (TPSA) is 0 Å². The SMILES string of the molecule is Cc1cc2c(s1)-c1sc(C)c(C)c1[SiH]2C. The van der Waals surface area contributed by atoms with Gasteiger partial charge in [0, 0.05) is 19.5 Å². The molecule has 0 fully saturated rings. The average Bonchev–Trinajstić information content (AvgIpc) is 2.74. The van der Waals surface area contributed by atoms with Gasteiger partial charge >= 0.3 is 0 Å². The minimum atomic E-state index is -0.822. The first-order valence-corrected chi connectivity index (χ1v) is 9.24. The molecular weight excluding hydrogens is 236 g/mol. The number of hydrogen-bond donors (Lipinski definition) is 0. The van der Waals surface area contributed by atoms with Gasteiger partial charge in [0.15, 0.2) is 0 Å². The summed E-state index contributed by atoms with van der Waals surface area (Å²) in [7, 11) is -0.822. The van der Waals surface area contributed by atoms with Gasteiger partial charge in [-0.05, 0) is 42.8 Å². The van der Waals surface area contributed by atoms with E-state index in [1.807, 2.05) is 22.7 Å². The predicted octanol–water partition coefficient (Wildman–Crippen LogP) is 2.69. The van der Waals surface area contributed by atoms with Crippen molar-refractivity contribution in [3.05, 3.63) is 21.4 Å². The van der Waals surface area contributed by atoms with E-state index >= 15 is 0 Å². The van der Waals surface area contributed by atoms with Crippen LogP contribution in [0.15, 0.2) is 6.07 Å². The van der Waals surface area contributed by atoms with E-state index in [1.165, 1.54) is 9.75 Å². The molecule has 0 aliphatic carbocycles. The van der Waals surface area contributed by atoms with Crippen molar-refractivity contribution in [2.24, 2.45) is 0 Å². The molecule has 0 radical (unpaired) electrons. The molecule has 3 heteroatoms. The lowest BCUT2D eigenvalue weighted by molar-refractivity contribution is 1.47. The fourth-order valence-electron chi connectivity index (χ4n) is 2.52. The summed E-state index contributed by atoms with van der Waals surface area (Å²) >= 11 is 4.00. The number of hydrogen-bond acceptors (Lipinski definition) is 2. The summed E-state index contributed by atoms with van der Waals surface area (Å²) in [6, 6.07) is 2.43. The van der Waals surface area contributed by atoms with Crippen molar-refractivity contribution >= 4 is 41.8 Å². The van der Waals surface area contributed by atoms with Gasteiger partial charge in [-0.3, -0.25) is 0 Å². The summed E-state index contributed by atoms with van der Waals surface area (Å²) < 4.78 is 0. The third-order valence-corrected chi connectivity index (χ3v) is 9.27. The molecule has 0 aromatic carbocycles. The van der Waals surface area contributed by atoms with Crippen LogP contribution in [0.5, 0.6) is 0 Å². The monoisotopic (exact) mass is 250 g/mol. The highest BCUT2D eigenvalue weighted by molar-refractivity contribution is 7.27. The first kappa shape index (κ1) is 9.82. The third-order valence-electron chi connectivity index (χ3n) is 3.42. The first-order valence-electron chi connectivity index (χ1n) is 5.30. The first-order chi connectivity index (χ1) is 7.09. The summed E-state index contributed by atoms with van der Waals surface area (Å²) in [4.78, 5) is 6.21. The molecule has 2 aromatic heterocycles. The molecule has 0 saturated heterocycles. The number of thiophene rings is 2. The van der Waals surface area contributed by atoms with E-state index in [4.69, 9.17) is 0 Å². The molecule has 2 aromatic rings. The number of fused-ring (bicyclic) bond motifs is 3. The van der Waals surface area contributed by atoms with Crippen molar-refractivity contribution in [2.75, 3.05) is 0 Å². The molecule has 15 heavy (non-hydrogen) atoms. The Labute approximate surface area is 100 Å². The van der Waals surface area contributed by atoms with Crippen LogP contribution in [-0.4, -0.2) is 8.80 Å². The molecule has 0 N–H and O–H groups in total. The van der Waals surface area contributed by atoms with Crippen LogP contribution in [0.1, 0.15) is 15.3 Å². The molecule has 1 unspecified atom stereocenters. The Kier molecular flexibility index (Phi) is 2.00. The Bertz CT molecular complexity index is 548. The largest absolute Gasteiger partial charge is 0.140 e. The highest BCUT2D eigenvalue weighted by Crippen LogP contribution is 2.37. The smallest absolute Gasteiger partial charge is 0.104 e. The maximum Gasteiger partial charge on any atom is 0.104 e. The van der Waals surface area contributed by atoms with Crippen LogP contribution >= 0.6 is 22.7 Å². The van der Waals surface area contributed by atoms with E-state index in [2.05, 4.69) is 33.4 Å². The van der Waals surface area contributed by atoms with Crippen molar-refractivity contribution < 1.29 is 0 Å². The molecule has 78 valence electrons. The van der Waals surface area contributed by atoms with Crippen molar-refractivity contribution in [1.29, 1.82) is 0 Å². The van der Waals surface area contributed by atoms with Crippen LogP contribution in [-0.2, 0) is 0 Å². The second-order valence-corrected chi connectivity index (χ2v) is 9.51. The standard InChI is InChI=1S/C12H14S2Si/c1-6-5-9-10(13-6)11-12(15(9)4)7(2)8(3)14-11/h5,15H,1-4H3. The zero-order valence-corrected chi connectivity index (χ0v) is 12.3. The lowest BCUT2D eigenvalue weighted by Gasteiger charge is -2.03. The second-order valence-electron chi connectivity index (χ2n) is 4.39. The van der Waals surface area contributed by atoms with Crippen LogP contribution in [0.2, 0.25) is 6.55 Å². The fourth-order valence-corrected chi connectivity index (χ4v) is 9.30. The van der Waals surface area contributed by atoms with Gasteiger partial charge in [0.2, 0.25) is 0 Å². The molecule has 0 spiro atoms. The maximum atomic E-state index is 2.48. The van der Waals surface area contributed by atoms with E-state index in [1.54, 1.807) is 25.7 Å². The van der Waals surface area contributed by atoms with Crippen LogP contribution in [0.25, 0.3) is 9.75 Å². The second kappa shape index (κ2) is 3.06. The minimum absolute atomic E-state index is 0.822. The van der Waals surface area contributed by atoms with Gasteiger partial charge in [-0.25, -0.2) is 0 Å². The molecule has 0 saturated carbocycles. The molecule has 3 rings (SSSR count). The predicted molar refractivity (Wildman–Crippen MR) is 74.1 cm³/mol. The Morgan fingerprint density at radius 2 is 1.80 bits per heavy atom. The van der Waals surface area contributed by atoms with Gasteiger partial charge in [0.1, 0.15) is 8.80 Å². The van der Waals surface area contributed by atoms with Gasteiger partial charge in [-0.1, -0.05) is 6.55 Å². The zero-order chi connectivity index (χ0) is 10.7. The van der Waals surface area contributed by atoms with Gasteiger partial charge in [0.25, 0.3) is 0 Å². The highest BCUT2D eigenvalue weighted by atomic mass is 32.1. The van der Waals surface area contributed by atoms with Gasteiger partial charge in [-0.2, -0.15) is 0 Å². The Morgan fingerprint density at radius 3 is 2.53 bits per heavy atom. The molecule has 1 atom stereocenters. The lowest BCUT2D eigenvalue weighted by atomic mass is 10.2. The zero-order valence-electron chi connectivity index (χ0n) is 9.47. The van der Waals surface area contributed by atoms with Crippen LogP contribution < -0.4 is 10.4 Å². The minimum Gasteiger partial charge on any atom is -0.140 e. The quantitative estimate of drug-likeness (QED) is 0.631. The Hall–Kier alpha value is -0.383. The average molecular weight is 250 g/mol. The summed E-state index contributed by atoms with van der Waals surface area (Å²) in [5.74, 6) is 0. The summed E-state index contributed by atoms with van der Waals surface area (Å²) in [5, 5.41) is 3.43. The summed E-state index contributed by atoms with van der Waals surface area (Å²) in [5.41, 5.74) is 1.58. The third kappa shape index (κ3) is 1.17. The van der Waals surface area contributed by atoms with E-state index < -0.39 is 8.80 Å². The molecule has 1 aliphatic heterocycles. The number of aryl methyl sites for hydroxylation is 2. The van der Waals surface area contributed by atoms with Crippen LogP contribution in [0.4, 0.5) is 0 Å². The highest BCUT2D eigenvalue weighted by Gasteiger charge is 2.32. The fraction of sp³-hybridized carbons (Fsp3) is 0.333. The van der Waals surface area contributed by atoms with Crippen LogP contribution in [0, 0.1) is 20.8 Å². The summed E-state index contributed by atoms with van der Waals surface area (Å²) in [6.07, 6.45) is 0. The van der Waals surface area contributed by atoms with Crippen molar-refractivity contribution in [3.63, 3.8) is 0 Å². The van der Waals surface area contributed by atoms with Crippen LogP contribution in [0.3, 0.4) is 0 Å². The van der Waals surface area contributed by atoms with Crippen molar-refractivity contribution in [3.8, 4) is 9.75 Å². The van der Waals surface area contributed by atoms with E-state index in [0.29, 0.717) is 0 Å². The number of rotatable bonds is 0. The van der Waals surface area contributed by atoms with Gasteiger partial charge < -0.3 is 0 Å².